The fraction of sp³-hybridized carbons (Fsp3) is 0.550. The fourth-order valence-corrected chi connectivity index (χ4v) is 4.07. The maximum absolute atomic E-state index is 13.1. The summed E-state index contributed by atoms with van der Waals surface area (Å²) in [5.74, 6) is 0.429. The number of rotatable bonds is 4. The zero-order valence-electron chi connectivity index (χ0n) is 14.6. The van der Waals surface area contributed by atoms with E-state index in [0.29, 0.717) is 25.3 Å². The fourth-order valence-electron chi connectivity index (χ4n) is 4.07. The first kappa shape index (κ1) is 16.7. The summed E-state index contributed by atoms with van der Waals surface area (Å²) in [7, 11) is 0. The van der Waals surface area contributed by atoms with Crippen LogP contribution in [0.4, 0.5) is 0 Å². The molecule has 1 aliphatic rings. The average Bonchev–Trinajstić information content (AvgIpc) is 2.60. The van der Waals surface area contributed by atoms with Gasteiger partial charge in [-0.25, -0.2) is 4.98 Å². The van der Waals surface area contributed by atoms with Gasteiger partial charge in [0.05, 0.1) is 6.07 Å². The zero-order chi connectivity index (χ0) is 17.1. The molecule has 0 unspecified atom stereocenters. The van der Waals surface area contributed by atoms with Crippen LogP contribution in [0.25, 0.3) is 11.0 Å². The van der Waals surface area contributed by atoms with Crippen molar-refractivity contribution in [1.82, 2.24) is 9.55 Å². The molecule has 0 bridgehead atoms. The molecular formula is C20H25N3O. The molecule has 0 N–H and O–H groups in total. The SMILES string of the molecule is CCn1c(=O)c(CCC#N)c(C2CCCCC2)c2ccc(C)nc21. The van der Waals surface area contributed by atoms with Gasteiger partial charge < -0.3 is 0 Å². The highest BCUT2D eigenvalue weighted by Crippen LogP contribution is 2.37. The molecule has 24 heavy (non-hydrogen) atoms. The predicted molar refractivity (Wildman–Crippen MR) is 96.2 cm³/mol. The van der Waals surface area contributed by atoms with Gasteiger partial charge in [-0.3, -0.25) is 9.36 Å². The molecule has 2 heterocycles. The van der Waals surface area contributed by atoms with Gasteiger partial charge >= 0.3 is 0 Å². The first-order valence-corrected chi connectivity index (χ1v) is 9.07. The Morgan fingerprint density at radius 1 is 1.29 bits per heavy atom. The molecule has 0 saturated heterocycles. The van der Waals surface area contributed by atoms with Gasteiger partial charge in [0.25, 0.3) is 5.56 Å². The van der Waals surface area contributed by atoms with E-state index in [2.05, 4.69) is 17.1 Å². The van der Waals surface area contributed by atoms with E-state index in [1.165, 1.54) is 24.8 Å². The second kappa shape index (κ2) is 7.17. The van der Waals surface area contributed by atoms with Crippen LogP contribution in [0.5, 0.6) is 0 Å². The van der Waals surface area contributed by atoms with E-state index in [0.717, 1.165) is 35.1 Å². The number of pyridine rings is 2. The Balaban J connectivity index is 2.32. The summed E-state index contributed by atoms with van der Waals surface area (Å²) in [6, 6.07) is 6.37. The van der Waals surface area contributed by atoms with Gasteiger partial charge in [0, 0.05) is 29.6 Å². The third-order valence-electron chi connectivity index (χ3n) is 5.21. The Morgan fingerprint density at radius 2 is 2.04 bits per heavy atom. The normalized spacial score (nSPS) is 15.5. The first-order chi connectivity index (χ1) is 11.7. The topological polar surface area (TPSA) is 58.7 Å². The molecular weight excluding hydrogens is 298 g/mol. The number of hydrogen-bond donors (Lipinski definition) is 0. The van der Waals surface area contributed by atoms with Crippen molar-refractivity contribution in [3.63, 3.8) is 0 Å². The van der Waals surface area contributed by atoms with Crippen molar-refractivity contribution in [2.24, 2.45) is 0 Å². The Hall–Kier alpha value is -2.15. The third kappa shape index (κ3) is 2.96. The predicted octanol–water partition coefficient (Wildman–Crippen LogP) is 4.23. The summed E-state index contributed by atoms with van der Waals surface area (Å²) in [5.41, 5.74) is 3.83. The Labute approximate surface area is 143 Å². The van der Waals surface area contributed by atoms with Crippen molar-refractivity contribution in [2.45, 2.75) is 71.3 Å². The molecule has 0 atom stereocenters. The Morgan fingerprint density at radius 3 is 2.71 bits per heavy atom. The average molecular weight is 323 g/mol. The molecule has 2 aromatic heterocycles. The van der Waals surface area contributed by atoms with Crippen molar-refractivity contribution in [1.29, 1.82) is 5.26 Å². The summed E-state index contributed by atoms with van der Waals surface area (Å²) < 4.78 is 1.78. The lowest BCUT2D eigenvalue weighted by atomic mass is 9.80. The molecule has 0 aliphatic heterocycles. The standard InChI is InChI=1S/C20H25N3O/c1-3-23-19-16(12-11-14(2)22-19)18(15-8-5-4-6-9-15)17(20(23)24)10-7-13-21/h11-12,15H,3-10H2,1-2H3. The van der Waals surface area contributed by atoms with Gasteiger partial charge in [-0.05, 0) is 56.7 Å². The molecule has 126 valence electrons. The lowest BCUT2D eigenvalue weighted by Crippen LogP contribution is -2.28. The maximum Gasteiger partial charge on any atom is 0.255 e. The summed E-state index contributed by atoms with van der Waals surface area (Å²) in [4.78, 5) is 17.8. The molecule has 0 radical (unpaired) electrons. The number of aryl methyl sites for hydroxylation is 2. The number of aromatic nitrogens is 2. The molecule has 4 heteroatoms. The van der Waals surface area contributed by atoms with Gasteiger partial charge in [0.2, 0.25) is 0 Å². The van der Waals surface area contributed by atoms with Crippen molar-refractivity contribution in [2.75, 3.05) is 0 Å². The number of nitrogens with zero attached hydrogens (tertiary/aromatic N) is 3. The smallest absolute Gasteiger partial charge is 0.255 e. The first-order valence-electron chi connectivity index (χ1n) is 9.07. The number of fused-ring (bicyclic) bond motifs is 1. The van der Waals surface area contributed by atoms with Gasteiger partial charge in [-0.1, -0.05) is 19.3 Å². The summed E-state index contributed by atoms with van der Waals surface area (Å²) in [6.07, 6.45) is 6.94. The van der Waals surface area contributed by atoms with E-state index in [9.17, 15) is 4.79 Å². The molecule has 4 nitrogen and oxygen atoms in total. The lowest BCUT2D eigenvalue weighted by Gasteiger charge is -2.26. The third-order valence-corrected chi connectivity index (χ3v) is 5.21. The molecule has 0 spiro atoms. The molecule has 0 amide bonds. The minimum atomic E-state index is 0.0546. The molecule has 1 aliphatic carbocycles. The second-order valence-electron chi connectivity index (χ2n) is 6.76. The van der Waals surface area contributed by atoms with Crippen LogP contribution in [0.15, 0.2) is 16.9 Å². The van der Waals surface area contributed by atoms with Crippen LogP contribution >= 0.6 is 0 Å². The van der Waals surface area contributed by atoms with Crippen LogP contribution in [0.3, 0.4) is 0 Å². The van der Waals surface area contributed by atoms with Crippen LogP contribution in [0.2, 0.25) is 0 Å². The largest absolute Gasteiger partial charge is 0.293 e. The Bertz CT molecular complexity index is 839. The Kier molecular flexibility index (Phi) is 4.99. The van der Waals surface area contributed by atoms with E-state index in [1.54, 1.807) is 4.57 Å². The quantitative estimate of drug-likeness (QED) is 0.846. The number of hydrogen-bond acceptors (Lipinski definition) is 3. The van der Waals surface area contributed by atoms with Crippen molar-refractivity contribution >= 4 is 11.0 Å². The minimum absolute atomic E-state index is 0.0546. The minimum Gasteiger partial charge on any atom is -0.293 e. The van der Waals surface area contributed by atoms with Crippen LogP contribution in [-0.2, 0) is 13.0 Å². The molecule has 0 aromatic carbocycles. The summed E-state index contributed by atoms with van der Waals surface area (Å²) >= 11 is 0. The highest BCUT2D eigenvalue weighted by molar-refractivity contribution is 5.81. The van der Waals surface area contributed by atoms with Crippen LogP contribution < -0.4 is 5.56 Å². The van der Waals surface area contributed by atoms with Crippen LogP contribution in [-0.4, -0.2) is 9.55 Å². The van der Waals surface area contributed by atoms with Gasteiger partial charge in [0.1, 0.15) is 5.65 Å². The van der Waals surface area contributed by atoms with Crippen molar-refractivity contribution < 1.29 is 0 Å². The van der Waals surface area contributed by atoms with Crippen molar-refractivity contribution in [3.8, 4) is 6.07 Å². The van der Waals surface area contributed by atoms with E-state index in [4.69, 9.17) is 5.26 Å². The zero-order valence-corrected chi connectivity index (χ0v) is 14.6. The number of nitriles is 1. The lowest BCUT2D eigenvalue weighted by molar-refractivity contribution is 0.442. The maximum atomic E-state index is 13.1. The summed E-state index contributed by atoms with van der Waals surface area (Å²) in [6.45, 7) is 4.56. The van der Waals surface area contributed by atoms with E-state index < -0.39 is 0 Å². The molecule has 2 aromatic rings. The highest BCUT2D eigenvalue weighted by Gasteiger charge is 2.25. The van der Waals surface area contributed by atoms with Gasteiger partial charge in [-0.15, -0.1) is 0 Å². The van der Waals surface area contributed by atoms with E-state index in [-0.39, 0.29) is 5.56 Å². The summed E-state index contributed by atoms with van der Waals surface area (Å²) in [5, 5.41) is 10.1. The van der Waals surface area contributed by atoms with E-state index in [1.807, 2.05) is 19.9 Å². The second-order valence-corrected chi connectivity index (χ2v) is 6.76. The highest BCUT2D eigenvalue weighted by atomic mass is 16.1. The van der Waals surface area contributed by atoms with Crippen LogP contribution in [0, 0.1) is 18.3 Å². The molecule has 1 fully saturated rings. The van der Waals surface area contributed by atoms with Crippen LogP contribution in [0.1, 0.15) is 68.2 Å². The van der Waals surface area contributed by atoms with Gasteiger partial charge in [0.15, 0.2) is 0 Å². The van der Waals surface area contributed by atoms with Gasteiger partial charge in [-0.2, -0.15) is 5.26 Å². The monoisotopic (exact) mass is 323 g/mol. The molecule has 3 rings (SSSR count). The molecule has 1 saturated carbocycles. The van der Waals surface area contributed by atoms with Crippen molar-refractivity contribution in [3.05, 3.63) is 39.3 Å². The van der Waals surface area contributed by atoms with E-state index >= 15 is 0 Å².